The standard InChI is InChI=1S/C30H20N4/c31-20-22-14-15-29-27(18-22)28-21-32-17-16-30(28)34(29)26-13-7-12-25(19-26)33(23-8-3-1-4-9-23)24-10-5-2-6-11-24/h1-19,21H. The maximum Gasteiger partial charge on any atom is 0.0991 e. The molecule has 0 bridgehead atoms. The van der Waals surface area contributed by atoms with Gasteiger partial charge in [-0.3, -0.25) is 4.98 Å². The van der Waals surface area contributed by atoms with Crippen LogP contribution in [0.25, 0.3) is 27.5 Å². The number of hydrogen-bond donors (Lipinski definition) is 0. The number of hydrogen-bond acceptors (Lipinski definition) is 3. The highest BCUT2D eigenvalue weighted by atomic mass is 15.1. The summed E-state index contributed by atoms with van der Waals surface area (Å²) in [5.74, 6) is 0. The number of nitrogens with zero attached hydrogens (tertiary/aromatic N) is 4. The second-order valence-corrected chi connectivity index (χ2v) is 8.10. The first-order valence-electron chi connectivity index (χ1n) is 11.1. The Morgan fingerprint density at radius 3 is 2.03 bits per heavy atom. The molecule has 0 spiro atoms. The average molecular weight is 437 g/mol. The van der Waals surface area contributed by atoms with Crippen LogP contribution in [0.3, 0.4) is 0 Å². The van der Waals surface area contributed by atoms with Gasteiger partial charge in [0.25, 0.3) is 0 Å². The lowest BCUT2D eigenvalue weighted by Gasteiger charge is -2.26. The van der Waals surface area contributed by atoms with E-state index < -0.39 is 0 Å². The quantitative estimate of drug-likeness (QED) is 0.287. The van der Waals surface area contributed by atoms with E-state index in [0.29, 0.717) is 5.56 Å². The number of pyridine rings is 1. The number of nitriles is 1. The van der Waals surface area contributed by atoms with Crippen molar-refractivity contribution in [2.75, 3.05) is 4.90 Å². The van der Waals surface area contributed by atoms with E-state index in [1.165, 1.54) is 0 Å². The van der Waals surface area contributed by atoms with Gasteiger partial charge < -0.3 is 9.47 Å². The molecule has 6 rings (SSSR count). The zero-order valence-electron chi connectivity index (χ0n) is 18.3. The average Bonchev–Trinajstić information content (AvgIpc) is 3.24. The SMILES string of the molecule is N#Cc1ccc2c(c1)c1cnccc1n2-c1cccc(N(c2ccccc2)c2ccccc2)c1. The largest absolute Gasteiger partial charge is 0.310 e. The number of fused-ring (bicyclic) bond motifs is 3. The summed E-state index contributed by atoms with van der Waals surface area (Å²) in [7, 11) is 0. The molecule has 0 saturated heterocycles. The van der Waals surface area contributed by atoms with E-state index in [0.717, 1.165) is 44.6 Å². The van der Waals surface area contributed by atoms with Crippen LogP contribution in [0.4, 0.5) is 17.1 Å². The summed E-state index contributed by atoms with van der Waals surface area (Å²) in [5, 5.41) is 11.5. The van der Waals surface area contributed by atoms with Crippen molar-refractivity contribution in [1.29, 1.82) is 5.26 Å². The lowest BCUT2D eigenvalue weighted by atomic mass is 10.1. The predicted molar refractivity (Wildman–Crippen MR) is 138 cm³/mol. The molecule has 0 aliphatic carbocycles. The highest BCUT2D eigenvalue weighted by Gasteiger charge is 2.16. The van der Waals surface area contributed by atoms with Crippen molar-refractivity contribution in [1.82, 2.24) is 9.55 Å². The van der Waals surface area contributed by atoms with Crippen molar-refractivity contribution in [2.45, 2.75) is 0 Å². The minimum atomic E-state index is 0.642. The van der Waals surface area contributed by atoms with Gasteiger partial charge >= 0.3 is 0 Å². The Bertz CT molecular complexity index is 1620. The molecule has 4 aromatic carbocycles. The van der Waals surface area contributed by atoms with Gasteiger partial charge in [0, 0.05) is 45.9 Å². The summed E-state index contributed by atoms with van der Waals surface area (Å²) in [6.45, 7) is 0. The fraction of sp³-hybridized carbons (Fsp3) is 0. The molecule has 0 atom stereocenters. The maximum atomic E-state index is 9.43. The molecule has 34 heavy (non-hydrogen) atoms. The number of rotatable bonds is 4. The molecule has 2 heterocycles. The van der Waals surface area contributed by atoms with Crippen molar-refractivity contribution in [3.63, 3.8) is 0 Å². The van der Waals surface area contributed by atoms with Gasteiger partial charge in [-0.15, -0.1) is 0 Å². The molecule has 6 aromatic rings. The van der Waals surface area contributed by atoms with Crippen LogP contribution in [0.2, 0.25) is 0 Å². The van der Waals surface area contributed by atoms with Gasteiger partial charge in [-0.1, -0.05) is 42.5 Å². The van der Waals surface area contributed by atoms with E-state index in [1.807, 2.05) is 48.8 Å². The zero-order chi connectivity index (χ0) is 22.9. The van der Waals surface area contributed by atoms with Crippen molar-refractivity contribution < 1.29 is 0 Å². The molecule has 4 heteroatoms. The van der Waals surface area contributed by atoms with Crippen LogP contribution < -0.4 is 4.90 Å². The second-order valence-electron chi connectivity index (χ2n) is 8.10. The van der Waals surface area contributed by atoms with Crippen LogP contribution >= 0.6 is 0 Å². The predicted octanol–water partition coefficient (Wildman–Crippen LogP) is 7.52. The monoisotopic (exact) mass is 436 g/mol. The highest BCUT2D eigenvalue weighted by molar-refractivity contribution is 6.09. The van der Waals surface area contributed by atoms with E-state index >= 15 is 0 Å². The van der Waals surface area contributed by atoms with Crippen LogP contribution in [0.15, 0.2) is 122 Å². The third-order valence-corrected chi connectivity index (χ3v) is 6.07. The number of aromatic nitrogens is 2. The second kappa shape index (κ2) is 8.23. The summed E-state index contributed by atoms with van der Waals surface area (Å²) in [4.78, 5) is 6.60. The molecule has 0 radical (unpaired) electrons. The van der Waals surface area contributed by atoms with Gasteiger partial charge in [0.05, 0.1) is 22.7 Å². The summed E-state index contributed by atoms with van der Waals surface area (Å²) in [5.41, 5.74) is 7.04. The first-order valence-corrected chi connectivity index (χ1v) is 11.1. The van der Waals surface area contributed by atoms with E-state index in [-0.39, 0.29) is 0 Å². The Balaban J connectivity index is 1.59. The Morgan fingerprint density at radius 1 is 0.647 bits per heavy atom. The molecular formula is C30H20N4. The van der Waals surface area contributed by atoms with Gasteiger partial charge in [-0.25, -0.2) is 0 Å². The zero-order valence-corrected chi connectivity index (χ0v) is 18.3. The number of para-hydroxylation sites is 2. The van der Waals surface area contributed by atoms with Gasteiger partial charge in [-0.05, 0) is 66.7 Å². The first-order chi connectivity index (χ1) is 16.8. The van der Waals surface area contributed by atoms with Gasteiger partial charge in [0.1, 0.15) is 0 Å². The Labute approximate surface area is 197 Å². The third kappa shape index (κ3) is 3.28. The van der Waals surface area contributed by atoms with E-state index in [4.69, 9.17) is 0 Å². The summed E-state index contributed by atoms with van der Waals surface area (Å²) < 4.78 is 2.24. The van der Waals surface area contributed by atoms with E-state index in [9.17, 15) is 5.26 Å². The molecule has 4 nitrogen and oxygen atoms in total. The molecule has 0 N–H and O–H groups in total. The van der Waals surface area contributed by atoms with Crippen LogP contribution in [0, 0.1) is 11.3 Å². The molecule has 160 valence electrons. The van der Waals surface area contributed by atoms with Crippen molar-refractivity contribution >= 4 is 38.9 Å². The van der Waals surface area contributed by atoms with E-state index in [1.54, 1.807) is 0 Å². The molecule has 0 amide bonds. The molecular weight excluding hydrogens is 416 g/mol. The smallest absolute Gasteiger partial charge is 0.0991 e. The Morgan fingerprint density at radius 2 is 1.32 bits per heavy atom. The van der Waals surface area contributed by atoms with Crippen LogP contribution in [-0.4, -0.2) is 9.55 Å². The summed E-state index contributed by atoms with van der Waals surface area (Å²) in [6, 6.07) is 39.4. The molecule has 0 fully saturated rings. The van der Waals surface area contributed by atoms with Crippen molar-refractivity contribution in [2.24, 2.45) is 0 Å². The van der Waals surface area contributed by atoms with Gasteiger partial charge in [0.2, 0.25) is 0 Å². The fourth-order valence-corrected chi connectivity index (χ4v) is 4.59. The first kappa shape index (κ1) is 19.8. The van der Waals surface area contributed by atoms with E-state index in [2.05, 4.69) is 93.3 Å². The lowest BCUT2D eigenvalue weighted by Crippen LogP contribution is -2.10. The van der Waals surface area contributed by atoms with Crippen LogP contribution in [0.1, 0.15) is 5.56 Å². The third-order valence-electron chi connectivity index (χ3n) is 6.07. The fourth-order valence-electron chi connectivity index (χ4n) is 4.59. The minimum absolute atomic E-state index is 0.642. The Kier molecular flexibility index (Phi) is 4.79. The normalized spacial score (nSPS) is 10.9. The van der Waals surface area contributed by atoms with Gasteiger partial charge in [0.15, 0.2) is 0 Å². The summed E-state index contributed by atoms with van der Waals surface area (Å²) in [6.07, 6.45) is 3.69. The number of anilines is 3. The molecule has 2 aromatic heterocycles. The van der Waals surface area contributed by atoms with Crippen molar-refractivity contribution in [3.05, 3.63) is 127 Å². The van der Waals surface area contributed by atoms with Crippen molar-refractivity contribution in [3.8, 4) is 11.8 Å². The molecule has 0 saturated carbocycles. The van der Waals surface area contributed by atoms with Gasteiger partial charge in [-0.2, -0.15) is 5.26 Å². The summed E-state index contributed by atoms with van der Waals surface area (Å²) >= 11 is 0. The molecule has 0 aliphatic heterocycles. The van der Waals surface area contributed by atoms with Crippen LogP contribution in [0.5, 0.6) is 0 Å². The number of benzene rings is 4. The maximum absolute atomic E-state index is 9.43. The molecule has 0 aliphatic rings. The Hall–Kier alpha value is -4.88. The minimum Gasteiger partial charge on any atom is -0.310 e. The highest BCUT2D eigenvalue weighted by Crippen LogP contribution is 2.37. The topological polar surface area (TPSA) is 44.9 Å². The molecule has 0 unspecified atom stereocenters. The van der Waals surface area contributed by atoms with Crippen LogP contribution in [-0.2, 0) is 0 Å². The lowest BCUT2D eigenvalue weighted by molar-refractivity contribution is 1.16.